The zero-order valence-electron chi connectivity index (χ0n) is 6.27. The molecule has 1 rings (SSSR count). The summed E-state index contributed by atoms with van der Waals surface area (Å²) in [5, 5.41) is 0. The highest BCUT2D eigenvalue weighted by atomic mass is 32.2. The average Bonchev–Trinajstić information content (AvgIpc) is 2.06. The molecular formula is C6H9N3O2S. The molecule has 0 aliphatic heterocycles. The van der Waals surface area contributed by atoms with Crippen molar-refractivity contribution >= 4 is 10.0 Å². The van der Waals surface area contributed by atoms with Gasteiger partial charge in [0, 0.05) is 6.20 Å². The quantitative estimate of drug-likeness (QED) is 0.487. The number of hydrogen-bond acceptors (Lipinski definition) is 4. The highest BCUT2D eigenvalue weighted by Gasteiger charge is 2.08. The SMILES string of the molecule is NNS(=O)(=O)Cc1ccccn1. The van der Waals surface area contributed by atoms with Gasteiger partial charge in [0.25, 0.3) is 0 Å². The van der Waals surface area contributed by atoms with E-state index in [-0.39, 0.29) is 5.75 Å². The lowest BCUT2D eigenvalue weighted by molar-refractivity contribution is 0.582. The molecule has 0 unspecified atom stereocenters. The molecule has 0 aliphatic carbocycles. The monoisotopic (exact) mass is 187 g/mol. The fraction of sp³-hybridized carbons (Fsp3) is 0.167. The highest BCUT2D eigenvalue weighted by Crippen LogP contribution is 1.98. The van der Waals surface area contributed by atoms with Gasteiger partial charge in [-0.3, -0.25) is 10.8 Å². The summed E-state index contributed by atoms with van der Waals surface area (Å²) >= 11 is 0. The molecule has 0 aromatic carbocycles. The smallest absolute Gasteiger partial charge is 0.229 e. The van der Waals surface area contributed by atoms with Crippen molar-refractivity contribution in [1.82, 2.24) is 9.82 Å². The average molecular weight is 187 g/mol. The first-order valence-electron chi connectivity index (χ1n) is 3.24. The van der Waals surface area contributed by atoms with Gasteiger partial charge in [0.15, 0.2) is 0 Å². The molecule has 1 heterocycles. The summed E-state index contributed by atoms with van der Waals surface area (Å²) in [7, 11) is -3.41. The van der Waals surface area contributed by atoms with E-state index >= 15 is 0 Å². The van der Waals surface area contributed by atoms with E-state index in [2.05, 4.69) is 4.98 Å². The number of aromatic nitrogens is 1. The Balaban J connectivity index is 2.78. The first-order valence-corrected chi connectivity index (χ1v) is 4.89. The van der Waals surface area contributed by atoms with Gasteiger partial charge in [0.1, 0.15) is 5.75 Å². The van der Waals surface area contributed by atoms with Crippen LogP contribution in [0.5, 0.6) is 0 Å². The zero-order valence-corrected chi connectivity index (χ0v) is 7.08. The number of hydrazine groups is 1. The molecule has 0 atom stereocenters. The van der Waals surface area contributed by atoms with E-state index in [0.717, 1.165) is 0 Å². The predicted octanol–water partition coefficient (Wildman–Crippen LogP) is -0.625. The van der Waals surface area contributed by atoms with E-state index in [9.17, 15) is 8.42 Å². The molecule has 0 amide bonds. The van der Waals surface area contributed by atoms with Crippen LogP contribution in [-0.4, -0.2) is 13.4 Å². The Morgan fingerprint density at radius 3 is 2.75 bits per heavy atom. The molecule has 0 bridgehead atoms. The van der Waals surface area contributed by atoms with Gasteiger partial charge in [-0.05, 0) is 12.1 Å². The molecular weight excluding hydrogens is 178 g/mol. The number of hydrogen-bond donors (Lipinski definition) is 2. The first kappa shape index (κ1) is 9.11. The largest absolute Gasteiger partial charge is 0.260 e. The van der Waals surface area contributed by atoms with Gasteiger partial charge in [-0.1, -0.05) is 6.07 Å². The number of rotatable bonds is 3. The van der Waals surface area contributed by atoms with Crippen LogP contribution in [0.3, 0.4) is 0 Å². The molecule has 1 aromatic rings. The van der Waals surface area contributed by atoms with Crippen LogP contribution in [0.2, 0.25) is 0 Å². The third kappa shape index (κ3) is 2.57. The van der Waals surface area contributed by atoms with Crippen LogP contribution < -0.4 is 10.7 Å². The summed E-state index contributed by atoms with van der Waals surface area (Å²) in [6.07, 6.45) is 1.53. The molecule has 0 fully saturated rings. The summed E-state index contributed by atoms with van der Waals surface area (Å²) in [6.45, 7) is 0. The normalized spacial score (nSPS) is 11.4. The second-order valence-electron chi connectivity index (χ2n) is 2.20. The standard InChI is InChI=1S/C6H9N3O2S/c7-9-12(10,11)5-6-3-1-2-4-8-6/h1-4,9H,5,7H2. The van der Waals surface area contributed by atoms with Crippen LogP contribution in [0.1, 0.15) is 5.69 Å². The van der Waals surface area contributed by atoms with E-state index < -0.39 is 10.0 Å². The molecule has 5 nitrogen and oxygen atoms in total. The van der Waals surface area contributed by atoms with Crippen LogP contribution in [0.15, 0.2) is 24.4 Å². The van der Waals surface area contributed by atoms with Crippen molar-refractivity contribution in [2.45, 2.75) is 5.75 Å². The van der Waals surface area contributed by atoms with E-state index in [1.165, 1.54) is 6.20 Å². The van der Waals surface area contributed by atoms with Crippen molar-refractivity contribution in [2.75, 3.05) is 0 Å². The molecule has 12 heavy (non-hydrogen) atoms. The lowest BCUT2D eigenvalue weighted by atomic mass is 10.4. The minimum atomic E-state index is -3.41. The minimum absolute atomic E-state index is 0.190. The maximum Gasteiger partial charge on any atom is 0.229 e. The van der Waals surface area contributed by atoms with Gasteiger partial charge in [-0.25, -0.2) is 8.42 Å². The summed E-state index contributed by atoms with van der Waals surface area (Å²) in [4.78, 5) is 5.56. The van der Waals surface area contributed by atoms with Gasteiger partial charge in [-0.2, -0.15) is 4.83 Å². The van der Waals surface area contributed by atoms with E-state index in [0.29, 0.717) is 5.69 Å². The summed E-state index contributed by atoms with van der Waals surface area (Å²) in [5.74, 6) is 4.60. The Kier molecular flexibility index (Phi) is 2.74. The Morgan fingerprint density at radius 2 is 2.25 bits per heavy atom. The van der Waals surface area contributed by atoms with Crippen molar-refractivity contribution in [3.63, 3.8) is 0 Å². The Hall–Kier alpha value is -0.980. The number of nitrogens with two attached hydrogens (primary N) is 1. The van der Waals surface area contributed by atoms with Crippen molar-refractivity contribution < 1.29 is 8.42 Å². The van der Waals surface area contributed by atoms with E-state index in [4.69, 9.17) is 5.84 Å². The lowest BCUT2D eigenvalue weighted by Gasteiger charge is -1.99. The molecule has 6 heteroatoms. The van der Waals surface area contributed by atoms with Gasteiger partial charge in [0.2, 0.25) is 10.0 Å². The Bertz CT molecular complexity index is 335. The maximum absolute atomic E-state index is 10.9. The van der Waals surface area contributed by atoms with Crippen LogP contribution in [0.25, 0.3) is 0 Å². The molecule has 66 valence electrons. The lowest BCUT2D eigenvalue weighted by Crippen LogP contribution is -2.31. The van der Waals surface area contributed by atoms with E-state index in [1.54, 1.807) is 23.0 Å². The van der Waals surface area contributed by atoms with Crippen molar-refractivity contribution in [3.8, 4) is 0 Å². The fourth-order valence-electron chi connectivity index (χ4n) is 0.720. The second-order valence-corrected chi connectivity index (χ2v) is 3.95. The Labute approximate surface area is 70.6 Å². The molecule has 1 aromatic heterocycles. The van der Waals surface area contributed by atoms with Crippen molar-refractivity contribution in [1.29, 1.82) is 0 Å². The van der Waals surface area contributed by atoms with Crippen LogP contribution >= 0.6 is 0 Å². The van der Waals surface area contributed by atoms with Crippen molar-refractivity contribution in [3.05, 3.63) is 30.1 Å². The summed E-state index contributed by atoms with van der Waals surface area (Å²) in [6, 6.07) is 5.05. The van der Waals surface area contributed by atoms with Gasteiger partial charge in [0.05, 0.1) is 5.69 Å². The van der Waals surface area contributed by atoms with Crippen LogP contribution in [0, 0.1) is 0 Å². The van der Waals surface area contributed by atoms with Gasteiger partial charge >= 0.3 is 0 Å². The zero-order chi connectivity index (χ0) is 9.03. The molecule has 3 N–H and O–H groups in total. The Morgan fingerprint density at radius 1 is 1.50 bits per heavy atom. The van der Waals surface area contributed by atoms with Crippen LogP contribution in [-0.2, 0) is 15.8 Å². The van der Waals surface area contributed by atoms with Crippen molar-refractivity contribution in [2.24, 2.45) is 5.84 Å². The molecule has 0 spiro atoms. The maximum atomic E-state index is 10.9. The fourth-order valence-corrected chi connectivity index (χ4v) is 1.36. The number of nitrogens with zero attached hydrogens (tertiary/aromatic N) is 1. The molecule has 0 saturated heterocycles. The van der Waals surface area contributed by atoms with Gasteiger partial charge < -0.3 is 0 Å². The topological polar surface area (TPSA) is 85.1 Å². The summed E-state index contributed by atoms with van der Waals surface area (Å²) < 4.78 is 21.8. The number of pyridine rings is 1. The molecule has 0 radical (unpaired) electrons. The predicted molar refractivity (Wildman–Crippen MR) is 44.2 cm³/mol. The third-order valence-electron chi connectivity index (χ3n) is 1.24. The third-order valence-corrected chi connectivity index (χ3v) is 2.28. The number of nitrogens with one attached hydrogen (secondary N) is 1. The first-order chi connectivity index (χ1) is 5.64. The second kappa shape index (κ2) is 3.61. The minimum Gasteiger partial charge on any atom is -0.260 e. The number of sulfonamides is 1. The van der Waals surface area contributed by atoms with Gasteiger partial charge in [-0.15, -0.1) is 0 Å². The van der Waals surface area contributed by atoms with E-state index in [1.807, 2.05) is 0 Å². The van der Waals surface area contributed by atoms with Crippen LogP contribution in [0.4, 0.5) is 0 Å². The highest BCUT2D eigenvalue weighted by molar-refractivity contribution is 7.88. The summed E-state index contributed by atoms with van der Waals surface area (Å²) in [5.41, 5.74) is 0.468. The molecule has 0 saturated carbocycles. The molecule has 0 aliphatic rings.